The molecule has 0 radical (unpaired) electrons. The summed E-state index contributed by atoms with van der Waals surface area (Å²) in [6.45, 7) is 1.79. The first-order valence-electron chi connectivity index (χ1n) is 7.95. The van der Waals surface area contributed by atoms with Gasteiger partial charge in [0.05, 0.1) is 17.1 Å². The van der Waals surface area contributed by atoms with Crippen LogP contribution < -0.4 is 5.32 Å². The topological polar surface area (TPSA) is 82.2 Å². The van der Waals surface area contributed by atoms with Gasteiger partial charge in [0.2, 0.25) is 0 Å². The summed E-state index contributed by atoms with van der Waals surface area (Å²) in [5, 5.41) is 14.8. The van der Waals surface area contributed by atoms with Gasteiger partial charge in [-0.3, -0.25) is 9.59 Å². The van der Waals surface area contributed by atoms with Gasteiger partial charge in [0.25, 0.3) is 5.91 Å². The molecule has 0 aliphatic carbocycles. The van der Waals surface area contributed by atoms with Crippen LogP contribution in [0.3, 0.4) is 0 Å². The van der Waals surface area contributed by atoms with Gasteiger partial charge in [-0.25, -0.2) is 0 Å². The first kappa shape index (κ1) is 17.1. The number of amides is 1. The van der Waals surface area contributed by atoms with Gasteiger partial charge in [0, 0.05) is 32.7 Å². The maximum atomic E-state index is 13.0. The number of Topliss-reactive ketones (excluding diaryl/α,β-unsaturated/α-hetero) is 1. The molecule has 3 N–H and O–H groups in total. The van der Waals surface area contributed by atoms with Gasteiger partial charge in [0.1, 0.15) is 0 Å². The number of carbonyl (C=O) groups is 2. The van der Waals surface area contributed by atoms with Crippen molar-refractivity contribution in [2.75, 3.05) is 5.32 Å². The lowest BCUT2D eigenvalue weighted by Gasteiger charge is -2.20. The Bertz CT molecular complexity index is 1090. The molecule has 0 unspecified atom stereocenters. The molecule has 1 atom stereocenters. The smallest absolute Gasteiger partial charge is 0.261 e. The van der Waals surface area contributed by atoms with E-state index in [1.807, 2.05) is 24.3 Å². The summed E-state index contributed by atoms with van der Waals surface area (Å²) >= 11 is 12.1. The minimum atomic E-state index is -2.02. The number of aryl methyl sites for hydroxylation is 1. The van der Waals surface area contributed by atoms with E-state index in [9.17, 15) is 14.7 Å². The molecule has 0 bridgehead atoms. The second kappa shape index (κ2) is 5.84. The number of hydrogen-bond donors (Lipinski definition) is 3. The summed E-state index contributed by atoms with van der Waals surface area (Å²) in [6.07, 6.45) is -0.412. The van der Waals surface area contributed by atoms with Gasteiger partial charge in [-0.2, -0.15) is 0 Å². The maximum absolute atomic E-state index is 13.0. The molecule has 5 nitrogen and oxygen atoms in total. The van der Waals surface area contributed by atoms with E-state index >= 15 is 0 Å². The zero-order chi connectivity index (χ0) is 18.6. The highest BCUT2D eigenvalue weighted by atomic mass is 35.5. The van der Waals surface area contributed by atoms with Crippen molar-refractivity contribution in [1.29, 1.82) is 0 Å². The predicted octanol–water partition coefficient (Wildman–Crippen LogP) is 4.20. The van der Waals surface area contributed by atoms with Crippen LogP contribution in [-0.4, -0.2) is 21.8 Å². The van der Waals surface area contributed by atoms with E-state index in [-0.39, 0.29) is 27.1 Å². The second-order valence-electron chi connectivity index (χ2n) is 6.40. The zero-order valence-corrected chi connectivity index (χ0v) is 15.2. The maximum Gasteiger partial charge on any atom is 0.261 e. The van der Waals surface area contributed by atoms with Crippen LogP contribution in [0.2, 0.25) is 10.0 Å². The number of halogens is 2. The van der Waals surface area contributed by atoms with Gasteiger partial charge >= 0.3 is 0 Å². The van der Waals surface area contributed by atoms with Crippen molar-refractivity contribution in [3.63, 3.8) is 0 Å². The Kier molecular flexibility index (Phi) is 3.84. The van der Waals surface area contributed by atoms with Gasteiger partial charge in [-0.15, -0.1) is 0 Å². The number of aromatic amines is 1. The summed E-state index contributed by atoms with van der Waals surface area (Å²) < 4.78 is 0. The Hall–Kier alpha value is -2.34. The highest BCUT2D eigenvalue weighted by molar-refractivity contribution is 6.38. The Balaban J connectivity index is 1.79. The van der Waals surface area contributed by atoms with Crippen molar-refractivity contribution in [2.24, 2.45) is 0 Å². The number of rotatable bonds is 3. The van der Waals surface area contributed by atoms with Crippen molar-refractivity contribution in [1.82, 2.24) is 4.98 Å². The van der Waals surface area contributed by atoms with Crippen LogP contribution in [0.15, 0.2) is 36.4 Å². The molecule has 0 saturated heterocycles. The van der Waals surface area contributed by atoms with Gasteiger partial charge in [-0.05, 0) is 25.1 Å². The Morgan fingerprint density at radius 2 is 1.96 bits per heavy atom. The van der Waals surface area contributed by atoms with Crippen LogP contribution in [0.5, 0.6) is 0 Å². The summed E-state index contributed by atoms with van der Waals surface area (Å²) in [7, 11) is 0. The van der Waals surface area contributed by atoms with Crippen molar-refractivity contribution in [3.8, 4) is 0 Å². The molecular weight excluding hydrogens is 375 g/mol. The van der Waals surface area contributed by atoms with Gasteiger partial charge < -0.3 is 15.4 Å². The lowest BCUT2D eigenvalue weighted by molar-refractivity contribution is -0.133. The van der Waals surface area contributed by atoms with Crippen molar-refractivity contribution < 1.29 is 14.7 Å². The van der Waals surface area contributed by atoms with E-state index < -0.39 is 17.9 Å². The molecule has 1 aromatic heterocycles. The third-order valence-corrected chi connectivity index (χ3v) is 5.22. The van der Waals surface area contributed by atoms with E-state index in [0.29, 0.717) is 11.3 Å². The molecular formula is C19H14Cl2N2O3. The van der Waals surface area contributed by atoms with E-state index in [1.54, 1.807) is 6.92 Å². The second-order valence-corrected chi connectivity index (χ2v) is 7.24. The molecule has 0 fully saturated rings. The third kappa shape index (κ3) is 2.43. The average molecular weight is 389 g/mol. The van der Waals surface area contributed by atoms with Gasteiger partial charge in [0.15, 0.2) is 11.4 Å². The van der Waals surface area contributed by atoms with Crippen molar-refractivity contribution in [2.45, 2.75) is 18.9 Å². The van der Waals surface area contributed by atoms with Crippen LogP contribution >= 0.6 is 23.2 Å². The SMILES string of the molecule is Cc1[nH]c2ccccc2c1C(=O)C[C@]1(O)C(=O)Nc2c(Cl)cc(Cl)cc21. The number of aromatic nitrogens is 1. The average Bonchev–Trinajstić information content (AvgIpc) is 3.03. The number of ketones is 1. The summed E-state index contributed by atoms with van der Waals surface area (Å²) in [5.74, 6) is -1.04. The minimum Gasteiger partial charge on any atom is -0.375 e. The normalized spacial score (nSPS) is 18.8. The molecule has 1 aliphatic rings. The Labute approximate surface area is 158 Å². The minimum absolute atomic E-state index is 0.214. The zero-order valence-electron chi connectivity index (χ0n) is 13.7. The van der Waals surface area contributed by atoms with Crippen LogP contribution in [0, 0.1) is 6.92 Å². The number of aliphatic hydroxyl groups is 1. The predicted molar refractivity (Wildman–Crippen MR) is 101 cm³/mol. The summed E-state index contributed by atoms with van der Waals surface area (Å²) in [6, 6.07) is 10.3. The molecule has 0 saturated carbocycles. The molecule has 132 valence electrons. The van der Waals surface area contributed by atoms with Gasteiger partial charge in [-0.1, -0.05) is 41.4 Å². The monoisotopic (exact) mass is 388 g/mol. The van der Waals surface area contributed by atoms with Crippen LogP contribution in [0.25, 0.3) is 10.9 Å². The van der Waals surface area contributed by atoms with Crippen molar-refractivity contribution >= 4 is 51.5 Å². The molecule has 26 heavy (non-hydrogen) atoms. The Morgan fingerprint density at radius 1 is 1.23 bits per heavy atom. The highest BCUT2D eigenvalue weighted by Crippen LogP contribution is 2.44. The fraction of sp³-hybridized carbons (Fsp3) is 0.158. The molecule has 1 amide bonds. The number of benzene rings is 2. The molecule has 2 aromatic carbocycles. The number of H-pyrrole nitrogens is 1. The van der Waals surface area contributed by atoms with E-state index in [0.717, 1.165) is 10.9 Å². The van der Waals surface area contributed by atoms with Crippen LogP contribution in [0.1, 0.15) is 28.0 Å². The van der Waals surface area contributed by atoms with Crippen LogP contribution in [0.4, 0.5) is 5.69 Å². The standard InChI is InChI=1S/C19H14Cl2N2O3/c1-9-16(11-4-2-3-5-14(11)22-9)15(24)8-19(26)12-6-10(20)7-13(21)17(12)23-18(19)25/h2-7,22,26H,8H2,1H3,(H,23,25)/t19-/m1/s1. The summed E-state index contributed by atoms with van der Waals surface area (Å²) in [4.78, 5) is 28.6. The molecule has 2 heterocycles. The quantitative estimate of drug-likeness (QED) is 0.588. The molecule has 0 spiro atoms. The number of hydrogen-bond acceptors (Lipinski definition) is 3. The van der Waals surface area contributed by atoms with E-state index in [4.69, 9.17) is 23.2 Å². The van der Waals surface area contributed by atoms with E-state index in [1.165, 1.54) is 12.1 Å². The molecule has 3 aromatic rings. The fourth-order valence-electron chi connectivity index (χ4n) is 3.50. The first-order chi connectivity index (χ1) is 12.3. The number of anilines is 1. The highest BCUT2D eigenvalue weighted by Gasteiger charge is 2.48. The largest absolute Gasteiger partial charge is 0.375 e. The van der Waals surface area contributed by atoms with Crippen molar-refractivity contribution in [3.05, 3.63) is 63.3 Å². The number of para-hydroxylation sites is 1. The number of fused-ring (bicyclic) bond motifs is 2. The van der Waals surface area contributed by atoms with Crippen LogP contribution in [-0.2, 0) is 10.4 Å². The summed E-state index contributed by atoms with van der Waals surface area (Å²) in [5.41, 5.74) is 0.442. The lowest BCUT2D eigenvalue weighted by Crippen LogP contribution is -2.36. The fourth-order valence-corrected chi connectivity index (χ4v) is 4.04. The lowest BCUT2D eigenvalue weighted by atomic mass is 9.87. The molecule has 7 heteroatoms. The number of carbonyl (C=O) groups excluding carboxylic acids is 2. The number of nitrogens with one attached hydrogen (secondary N) is 2. The third-order valence-electron chi connectivity index (χ3n) is 4.70. The Morgan fingerprint density at radius 3 is 2.73 bits per heavy atom. The molecule has 1 aliphatic heterocycles. The molecule has 4 rings (SSSR count). The van der Waals surface area contributed by atoms with E-state index in [2.05, 4.69) is 10.3 Å². The first-order valence-corrected chi connectivity index (χ1v) is 8.70.